The van der Waals surface area contributed by atoms with E-state index in [0.717, 1.165) is 36.4 Å². The quantitative estimate of drug-likeness (QED) is 0.0936. The van der Waals surface area contributed by atoms with E-state index in [0.29, 0.717) is 25.8 Å². The maximum Gasteiger partial charge on any atom is 0.159 e. The highest BCUT2D eigenvalue weighted by molar-refractivity contribution is 5.83. The van der Waals surface area contributed by atoms with E-state index < -0.39 is 12.0 Å². The van der Waals surface area contributed by atoms with Gasteiger partial charge in [0.25, 0.3) is 0 Å². The Morgan fingerprint density at radius 2 is 1.90 bits per heavy atom. The zero-order valence-corrected chi connectivity index (χ0v) is 20.0. The lowest BCUT2D eigenvalue weighted by Crippen LogP contribution is -2.28. The van der Waals surface area contributed by atoms with Crippen LogP contribution in [0.3, 0.4) is 0 Å². The summed E-state index contributed by atoms with van der Waals surface area (Å²) in [4.78, 5) is 9.42. The van der Waals surface area contributed by atoms with Gasteiger partial charge in [0.15, 0.2) is 5.79 Å². The number of hydrogen-bond acceptors (Lipinski definition) is 6. The second kappa shape index (κ2) is 16.8. The third-order valence-corrected chi connectivity index (χ3v) is 4.47. The Morgan fingerprint density at radius 1 is 1.19 bits per heavy atom. The first-order valence-corrected chi connectivity index (χ1v) is 11.2. The van der Waals surface area contributed by atoms with Crippen LogP contribution in [0, 0.1) is 5.92 Å². The van der Waals surface area contributed by atoms with E-state index in [1.54, 1.807) is 0 Å². The highest BCUT2D eigenvalue weighted by Crippen LogP contribution is 2.18. The van der Waals surface area contributed by atoms with Crippen LogP contribution >= 0.6 is 0 Å². The van der Waals surface area contributed by atoms with Crippen LogP contribution in [0.5, 0.6) is 0 Å². The van der Waals surface area contributed by atoms with Gasteiger partial charge in [-0.2, -0.15) is 0 Å². The Labute approximate surface area is 188 Å². The fraction of sp³-hybridized carbons (Fsp3) is 0.600. The lowest BCUT2D eigenvalue weighted by molar-refractivity contribution is -0.150. The van der Waals surface area contributed by atoms with Gasteiger partial charge in [-0.1, -0.05) is 44.2 Å². The number of aliphatic hydroxyl groups excluding tert-OH is 1. The summed E-state index contributed by atoms with van der Waals surface area (Å²) in [6.45, 7) is 13.8. The second-order valence-corrected chi connectivity index (χ2v) is 7.96. The molecule has 0 fully saturated rings. The number of rotatable bonds is 16. The molecule has 0 spiro atoms. The number of unbranched alkanes of at least 4 members (excludes halogenated alkanes) is 1. The monoisotopic (exact) mass is 433 g/mol. The predicted molar refractivity (Wildman–Crippen MR) is 132 cm³/mol. The van der Waals surface area contributed by atoms with Crippen molar-refractivity contribution in [1.82, 2.24) is 5.32 Å². The van der Waals surface area contributed by atoms with E-state index in [9.17, 15) is 15.3 Å². The molecular formula is C25H43N3O3. The summed E-state index contributed by atoms with van der Waals surface area (Å²) < 4.78 is 0. The SMILES string of the molecule is C=CC(C)/C=N/C(=C/CC)C(=C\CC(O)NC/C=C/C)/N=C(\C)CCCCC(C)(O)O. The molecule has 0 aliphatic heterocycles. The Bertz CT molecular complexity index is 655. The van der Waals surface area contributed by atoms with Crippen LogP contribution in [0.4, 0.5) is 0 Å². The van der Waals surface area contributed by atoms with Crippen LogP contribution in [0.2, 0.25) is 0 Å². The maximum absolute atomic E-state index is 10.2. The van der Waals surface area contributed by atoms with Crippen molar-refractivity contribution >= 4 is 11.9 Å². The summed E-state index contributed by atoms with van der Waals surface area (Å²) in [5, 5.41) is 32.1. The summed E-state index contributed by atoms with van der Waals surface area (Å²) in [5.74, 6) is -1.48. The predicted octanol–water partition coefficient (Wildman–Crippen LogP) is 4.65. The summed E-state index contributed by atoms with van der Waals surface area (Å²) >= 11 is 0. The van der Waals surface area contributed by atoms with Crippen molar-refractivity contribution in [1.29, 1.82) is 0 Å². The summed E-state index contributed by atoms with van der Waals surface area (Å²) in [6.07, 6.45) is 14.6. The average Bonchev–Trinajstić information content (AvgIpc) is 2.70. The molecule has 0 rings (SSSR count). The molecule has 6 heteroatoms. The van der Waals surface area contributed by atoms with E-state index in [-0.39, 0.29) is 5.92 Å². The molecule has 0 aliphatic rings. The van der Waals surface area contributed by atoms with Gasteiger partial charge in [0, 0.05) is 37.2 Å². The zero-order chi connectivity index (χ0) is 23.7. The van der Waals surface area contributed by atoms with Gasteiger partial charge in [-0.15, -0.1) is 6.58 Å². The first-order valence-electron chi connectivity index (χ1n) is 11.2. The zero-order valence-electron chi connectivity index (χ0n) is 20.0. The Morgan fingerprint density at radius 3 is 2.48 bits per heavy atom. The third kappa shape index (κ3) is 16.5. The normalized spacial score (nSPS) is 16.3. The van der Waals surface area contributed by atoms with E-state index in [1.165, 1.54) is 6.92 Å². The molecule has 4 N–H and O–H groups in total. The third-order valence-electron chi connectivity index (χ3n) is 4.47. The van der Waals surface area contributed by atoms with Crippen LogP contribution < -0.4 is 5.32 Å². The fourth-order valence-electron chi connectivity index (χ4n) is 2.61. The molecule has 0 aromatic rings. The molecule has 0 saturated carbocycles. The molecule has 0 amide bonds. The van der Waals surface area contributed by atoms with Crippen LogP contribution in [0.15, 0.2) is 58.3 Å². The number of nitrogens with one attached hydrogen (secondary N) is 1. The minimum absolute atomic E-state index is 0.144. The first kappa shape index (κ1) is 29.1. The molecule has 0 aromatic heterocycles. The van der Waals surface area contributed by atoms with Gasteiger partial charge in [-0.3, -0.25) is 15.3 Å². The molecule has 0 radical (unpaired) electrons. The van der Waals surface area contributed by atoms with Gasteiger partial charge in [0.05, 0.1) is 11.4 Å². The Balaban J connectivity index is 5.47. The average molecular weight is 434 g/mol. The standard InChI is InChI=1S/C25H43N3O3/c1-7-10-18-26-24(29)16-15-23(22(13-8-2)27-19-20(4)9-3)28-21(5)14-11-12-17-25(6,30)31/h7,9-10,13,15,19-20,24,26,29-31H,3,8,11-12,14,16-18H2,1-2,4-6H3/b10-7+,22-13+,23-15+,27-19+,28-21+. The molecule has 176 valence electrons. The molecule has 0 heterocycles. The highest BCUT2D eigenvalue weighted by Gasteiger charge is 2.13. The maximum atomic E-state index is 10.2. The number of nitrogens with zero attached hydrogens (tertiary/aromatic N) is 2. The van der Waals surface area contributed by atoms with Crippen LogP contribution in [-0.4, -0.2) is 45.8 Å². The number of allylic oxidation sites excluding steroid dienone is 3. The van der Waals surface area contributed by atoms with Crippen molar-refractivity contribution in [2.24, 2.45) is 15.9 Å². The molecule has 2 unspecified atom stereocenters. The summed E-state index contributed by atoms with van der Waals surface area (Å²) in [6, 6.07) is 0. The molecule has 0 saturated heterocycles. The van der Waals surface area contributed by atoms with Gasteiger partial charge < -0.3 is 15.3 Å². The lowest BCUT2D eigenvalue weighted by atomic mass is 10.1. The molecule has 0 aromatic carbocycles. The van der Waals surface area contributed by atoms with Crippen molar-refractivity contribution in [3.8, 4) is 0 Å². The topological polar surface area (TPSA) is 97.4 Å². The van der Waals surface area contributed by atoms with Crippen molar-refractivity contribution in [2.45, 2.75) is 85.2 Å². The molecular weight excluding hydrogens is 390 g/mol. The van der Waals surface area contributed by atoms with Crippen LogP contribution in [-0.2, 0) is 0 Å². The van der Waals surface area contributed by atoms with Crippen LogP contribution in [0.25, 0.3) is 0 Å². The smallest absolute Gasteiger partial charge is 0.159 e. The van der Waals surface area contributed by atoms with Gasteiger partial charge in [0.1, 0.15) is 6.23 Å². The van der Waals surface area contributed by atoms with Gasteiger partial charge >= 0.3 is 0 Å². The molecule has 6 nitrogen and oxygen atoms in total. The lowest BCUT2D eigenvalue weighted by Gasteiger charge is -2.15. The van der Waals surface area contributed by atoms with Gasteiger partial charge in [0.2, 0.25) is 0 Å². The molecule has 0 aliphatic carbocycles. The Kier molecular flexibility index (Phi) is 15.8. The second-order valence-electron chi connectivity index (χ2n) is 7.96. The van der Waals surface area contributed by atoms with Gasteiger partial charge in [-0.25, -0.2) is 0 Å². The largest absolute Gasteiger partial charge is 0.378 e. The first-order chi connectivity index (χ1) is 14.6. The van der Waals surface area contributed by atoms with Crippen molar-refractivity contribution in [3.63, 3.8) is 0 Å². The summed E-state index contributed by atoms with van der Waals surface area (Å²) in [5.41, 5.74) is 2.44. The molecule has 31 heavy (non-hydrogen) atoms. The van der Waals surface area contributed by atoms with E-state index in [2.05, 4.69) is 23.8 Å². The number of aliphatic hydroxyl groups is 3. The fourth-order valence-corrected chi connectivity index (χ4v) is 2.61. The van der Waals surface area contributed by atoms with E-state index in [4.69, 9.17) is 4.99 Å². The highest BCUT2D eigenvalue weighted by atomic mass is 16.5. The molecule has 2 atom stereocenters. The van der Waals surface area contributed by atoms with Crippen LogP contribution in [0.1, 0.15) is 73.1 Å². The number of hydrogen-bond donors (Lipinski definition) is 4. The van der Waals surface area contributed by atoms with E-state index in [1.807, 2.05) is 57.4 Å². The minimum Gasteiger partial charge on any atom is -0.378 e. The summed E-state index contributed by atoms with van der Waals surface area (Å²) in [7, 11) is 0. The van der Waals surface area contributed by atoms with Crippen molar-refractivity contribution in [2.75, 3.05) is 6.54 Å². The van der Waals surface area contributed by atoms with Crippen molar-refractivity contribution < 1.29 is 15.3 Å². The van der Waals surface area contributed by atoms with Crippen molar-refractivity contribution in [3.05, 3.63) is 48.4 Å². The number of aliphatic imine (C=N–C) groups is 2. The molecule has 0 bridgehead atoms. The minimum atomic E-state index is -1.63. The Hall–Kier alpha value is -1.86. The van der Waals surface area contributed by atoms with Gasteiger partial charge in [-0.05, 0) is 46.5 Å². The van der Waals surface area contributed by atoms with E-state index >= 15 is 0 Å².